The molecule has 0 amide bonds. The second-order valence-corrected chi connectivity index (χ2v) is 4.82. The van der Waals surface area contributed by atoms with Crippen molar-refractivity contribution in [3.8, 4) is 0 Å². The summed E-state index contributed by atoms with van der Waals surface area (Å²) in [5, 5.41) is 4.96. The molecule has 3 aromatic rings. The van der Waals surface area contributed by atoms with Crippen molar-refractivity contribution in [1.82, 2.24) is 4.98 Å². The zero-order valence-corrected chi connectivity index (χ0v) is 13.6. The number of hydrogen-bond donors (Lipinski definition) is 0. The first kappa shape index (κ1) is 13.3. The van der Waals surface area contributed by atoms with Crippen LogP contribution in [0.4, 0.5) is 0 Å². The second kappa shape index (κ2) is 5.25. The van der Waals surface area contributed by atoms with Crippen LogP contribution in [0.3, 0.4) is 0 Å². The molecule has 0 unspecified atom stereocenters. The molecule has 1 radical (unpaired) electrons. The van der Waals surface area contributed by atoms with Gasteiger partial charge < -0.3 is 0 Å². The predicted molar refractivity (Wildman–Crippen MR) is 77.7 cm³/mol. The van der Waals surface area contributed by atoms with Crippen molar-refractivity contribution in [1.29, 1.82) is 0 Å². The van der Waals surface area contributed by atoms with Gasteiger partial charge in [-0.1, -0.05) is 51.8 Å². The molecule has 17 heavy (non-hydrogen) atoms. The van der Waals surface area contributed by atoms with Crippen LogP contribution < -0.4 is 0 Å². The summed E-state index contributed by atoms with van der Waals surface area (Å²) in [5.74, 6) is 0. The molecular weight excluding hydrogens is 308 g/mol. The van der Waals surface area contributed by atoms with E-state index in [2.05, 4.69) is 39.1 Å². The summed E-state index contributed by atoms with van der Waals surface area (Å²) in [6.07, 6.45) is 1.73. The third-order valence-electron chi connectivity index (χ3n) is 2.67. The first-order valence-electron chi connectivity index (χ1n) is 4.89. The van der Waals surface area contributed by atoms with E-state index in [9.17, 15) is 0 Å². The van der Waals surface area contributed by atoms with Crippen LogP contribution >= 0.6 is 27.5 Å². The number of rotatable bonds is 0. The summed E-state index contributed by atoms with van der Waals surface area (Å²) >= 11 is 9.74. The summed E-state index contributed by atoms with van der Waals surface area (Å²) in [6, 6.07) is 12.2. The molecule has 0 fully saturated rings. The first-order chi connectivity index (χ1) is 7.77. The number of fused-ring (bicyclic) bond motifs is 3. The number of halogens is 2. The molecule has 1 nitrogen and oxygen atoms in total. The van der Waals surface area contributed by atoms with Gasteiger partial charge in [-0.05, 0) is 22.9 Å². The van der Waals surface area contributed by atoms with E-state index >= 15 is 0 Å². The van der Waals surface area contributed by atoms with Crippen molar-refractivity contribution in [2.45, 2.75) is 0 Å². The molecule has 1 heterocycles. The minimum absolute atomic E-state index is 0. The Balaban J connectivity index is 0.00000108. The molecule has 0 spiro atoms. The van der Waals surface area contributed by atoms with E-state index in [-0.39, 0.29) is 29.6 Å². The van der Waals surface area contributed by atoms with Gasteiger partial charge in [0.05, 0.1) is 0 Å². The largest absolute Gasteiger partial charge is 0.244 e. The predicted octanol–water partition coefficient (Wildman–Crippen LogP) is 4.42. The first-order valence-corrected chi connectivity index (χ1v) is 6.06. The fraction of sp³-hybridized carbons (Fsp3) is 0. The quantitative estimate of drug-likeness (QED) is 0.340. The second-order valence-electron chi connectivity index (χ2n) is 3.60. The molecule has 0 aliphatic carbocycles. The van der Waals surface area contributed by atoms with Crippen LogP contribution in [0, 0.1) is 0 Å². The monoisotopic (exact) mass is 314 g/mol. The molecule has 0 atom stereocenters. The van der Waals surface area contributed by atoms with E-state index in [1.165, 1.54) is 0 Å². The van der Waals surface area contributed by atoms with E-state index in [0.717, 1.165) is 26.0 Å². The Kier molecular flexibility index (Phi) is 4.11. The molecule has 0 aliphatic rings. The van der Waals surface area contributed by atoms with Crippen LogP contribution in [0.5, 0.6) is 0 Å². The smallest absolute Gasteiger partial charge is 0.137 e. The molecular formula is C13H7BrClNNa. The van der Waals surface area contributed by atoms with Gasteiger partial charge in [0.25, 0.3) is 0 Å². The van der Waals surface area contributed by atoms with E-state index in [1.807, 2.05) is 18.2 Å². The van der Waals surface area contributed by atoms with Crippen LogP contribution in [0.15, 0.2) is 47.1 Å². The van der Waals surface area contributed by atoms with Gasteiger partial charge in [0, 0.05) is 51.0 Å². The molecule has 0 saturated carbocycles. The van der Waals surface area contributed by atoms with Crippen molar-refractivity contribution < 1.29 is 0 Å². The fourth-order valence-corrected chi connectivity index (χ4v) is 2.79. The average Bonchev–Trinajstić information content (AvgIpc) is 2.30. The standard InChI is InChI=1S/C13H7BrClN.Na/c14-11-7-8-3-1-2-4-9(8)12-10(11)5-6-16-13(12)15;/h1-7H;. The number of nitrogens with zero attached hydrogens (tertiary/aromatic N) is 1. The van der Waals surface area contributed by atoms with Gasteiger partial charge in [0.15, 0.2) is 0 Å². The zero-order valence-electron chi connectivity index (χ0n) is 9.24. The average molecular weight is 316 g/mol. The van der Waals surface area contributed by atoms with Crippen molar-refractivity contribution in [3.05, 3.63) is 52.2 Å². The van der Waals surface area contributed by atoms with E-state index in [0.29, 0.717) is 5.15 Å². The SMILES string of the molecule is Clc1nccc2c(Br)cc3ccccc3c12.[Na]. The number of pyridine rings is 1. The van der Waals surface area contributed by atoms with Crippen LogP contribution in [-0.4, -0.2) is 34.5 Å². The van der Waals surface area contributed by atoms with Crippen molar-refractivity contribution in [3.63, 3.8) is 0 Å². The summed E-state index contributed by atoms with van der Waals surface area (Å²) in [7, 11) is 0. The van der Waals surface area contributed by atoms with Crippen molar-refractivity contribution in [2.75, 3.05) is 0 Å². The molecule has 0 N–H and O–H groups in total. The molecule has 0 aliphatic heterocycles. The normalized spacial score (nSPS) is 10.5. The number of benzene rings is 2. The topological polar surface area (TPSA) is 12.9 Å². The fourth-order valence-electron chi connectivity index (χ4n) is 1.96. The minimum atomic E-state index is 0. The number of hydrogen-bond acceptors (Lipinski definition) is 1. The van der Waals surface area contributed by atoms with Gasteiger partial charge >= 0.3 is 0 Å². The van der Waals surface area contributed by atoms with Gasteiger partial charge in [0.2, 0.25) is 0 Å². The van der Waals surface area contributed by atoms with Crippen molar-refractivity contribution in [2.24, 2.45) is 0 Å². The van der Waals surface area contributed by atoms with Crippen LogP contribution in [-0.2, 0) is 0 Å². The molecule has 3 rings (SSSR count). The maximum absolute atomic E-state index is 6.18. The maximum atomic E-state index is 6.18. The summed E-state index contributed by atoms with van der Waals surface area (Å²) in [6.45, 7) is 0. The van der Waals surface area contributed by atoms with Gasteiger partial charge in [-0.2, -0.15) is 0 Å². The van der Waals surface area contributed by atoms with Crippen LogP contribution in [0.2, 0.25) is 5.15 Å². The molecule has 2 aromatic carbocycles. The van der Waals surface area contributed by atoms with Gasteiger partial charge in [-0.3, -0.25) is 0 Å². The minimum Gasteiger partial charge on any atom is -0.244 e. The third-order valence-corrected chi connectivity index (χ3v) is 3.62. The van der Waals surface area contributed by atoms with Gasteiger partial charge in [0.1, 0.15) is 5.15 Å². The summed E-state index contributed by atoms with van der Waals surface area (Å²) in [4.78, 5) is 4.14. The molecule has 1 aromatic heterocycles. The molecule has 0 bridgehead atoms. The Morgan fingerprint density at radius 3 is 2.65 bits per heavy atom. The van der Waals surface area contributed by atoms with Crippen LogP contribution in [0.1, 0.15) is 0 Å². The molecule has 0 saturated heterocycles. The van der Waals surface area contributed by atoms with E-state index < -0.39 is 0 Å². The zero-order chi connectivity index (χ0) is 11.1. The third kappa shape index (κ3) is 2.25. The van der Waals surface area contributed by atoms with Gasteiger partial charge in [-0.15, -0.1) is 0 Å². The van der Waals surface area contributed by atoms with Crippen molar-refractivity contribution >= 4 is 78.6 Å². The van der Waals surface area contributed by atoms with Crippen LogP contribution in [0.25, 0.3) is 21.5 Å². The maximum Gasteiger partial charge on any atom is 0.137 e. The van der Waals surface area contributed by atoms with E-state index in [1.54, 1.807) is 6.20 Å². The summed E-state index contributed by atoms with van der Waals surface area (Å²) in [5.41, 5.74) is 0. The Hall–Kier alpha value is -0.120. The molecule has 79 valence electrons. The van der Waals surface area contributed by atoms with Gasteiger partial charge in [-0.25, -0.2) is 4.98 Å². The Morgan fingerprint density at radius 2 is 1.82 bits per heavy atom. The Bertz CT molecular complexity index is 699. The Labute approximate surface area is 135 Å². The summed E-state index contributed by atoms with van der Waals surface area (Å²) < 4.78 is 1.05. The number of aromatic nitrogens is 1. The Morgan fingerprint density at radius 1 is 1.06 bits per heavy atom. The van der Waals surface area contributed by atoms with E-state index in [4.69, 9.17) is 11.6 Å². The molecule has 4 heteroatoms.